The Balaban J connectivity index is 0. The third-order valence-corrected chi connectivity index (χ3v) is 0. The first-order chi connectivity index (χ1) is 0. The Morgan fingerprint density at radius 2 is 0.250 bits per heavy atom. The maximum Gasteiger partial charge on any atom is 3.00 e. The van der Waals surface area contributed by atoms with Gasteiger partial charge >= 0.3 is 113 Å². The summed E-state index contributed by atoms with van der Waals surface area (Å²) in [5.74, 6) is 0. The molecule has 82 valence electrons. The molecule has 0 bridgehead atoms. The van der Waals surface area contributed by atoms with Crippen molar-refractivity contribution in [2.75, 3.05) is 0 Å². The molecule has 12 heteroatoms. The van der Waals surface area contributed by atoms with E-state index in [1.165, 1.54) is 0 Å². The normalized spacial score (nSPS) is 0. The minimum absolute atomic E-state index is 0. The third-order valence-electron chi connectivity index (χ3n) is 0. The number of halogens is 9. The maximum atomic E-state index is 0. The quantitative estimate of drug-likeness (QED) is 0.234. The largest absolute Gasteiger partial charge is 3.00 e. The first-order valence-corrected chi connectivity index (χ1v) is 0. The molecule has 0 saturated heterocycles. The van der Waals surface area contributed by atoms with Crippen LogP contribution in [0.2, 0.25) is 0 Å². The van der Waals surface area contributed by atoms with E-state index in [1.807, 2.05) is 0 Å². The van der Waals surface area contributed by atoms with E-state index in [2.05, 4.69) is 0 Å². The van der Waals surface area contributed by atoms with Crippen LogP contribution in [0, 0.1) is 79.9 Å². The third kappa shape index (κ3) is 95.4. The molecule has 0 rings (SSSR count). The molecule has 0 unspecified atom stereocenters. The Labute approximate surface area is 219 Å². The second-order valence-corrected chi connectivity index (χ2v) is 0. The van der Waals surface area contributed by atoms with Crippen molar-refractivity contribution >= 4 is 0 Å². The fourth-order valence-electron chi connectivity index (χ4n) is 0. The molecule has 0 amide bonds. The second-order valence-electron chi connectivity index (χ2n) is 0. The molecule has 0 aliphatic heterocycles. The summed E-state index contributed by atoms with van der Waals surface area (Å²) in [5.41, 5.74) is 0. The van der Waals surface area contributed by atoms with Crippen molar-refractivity contribution in [3.05, 3.63) is 0 Å². The maximum absolute atomic E-state index is 0. The van der Waals surface area contributed by atoms with Gasteiger partial charge in [0.15, 0.2) is 0 Å². The zero-order chi connectivity index (χ0) is 0. The van der Waals surface area contributed by atoms with Crippen LogP contribution in [-0.4, -0.2) is 0 Å². The predicted octanol–water partition coefficient (Wildman–Crippen LogP) is -27.0. The minimum atomic E-state index is 0. The molecule has 0 aliphatic carbocycles. The second kappa shape index (κ2) is 115. The van der Waals surface area contributed by atoms with Gasteiger partial charge < -0.3 is 112 Å². The zero-order valence-electron chi connectivity index (χ0n) is 4.69. The van der Waals surface area contributed by atoms with Crippen molar-refractivity contribution in [1.29, 1.82) is 0 Å². The Hall–Kier alpha value is 6.36. The molecular weight excluding hydrogens is 722 g/mol. The zero-order valence-corrected chi connectivity index (χ0v) is 18.9. The van der Waals surface area contributed by atoms with Gasteiger partial charge in [-0.2, -0.15) is 0 Å². The molecule has 0 N–H and O–H groups in total. The summed E-state index contributed by atoms with van der Waals surface area (Å²) in [6, 6.07) is 0. The van der Waals surface area contributed by atoms with Gasteiger partial charge in [0, 0.05) is 0 Å². The van der Waals surface area contributed by atoms with Gasteiger partial charge in [-0.1, -0.05) is 0 Å². The number of hydrogen-bond donors (Lipinski definition) is 0. The van der Waals surface area contributed by atoms with Crippen LogP contribution in [0.25, 0.3) is 0 Å². The topological polar surface area (TPSA) is 0 Å². The SMILES string of the molecule is [Cl-].[Cl-].[Cl-].[Cl-].[Cl-].[Cl-].[Cl-].[Cl-].[Cl-].[Gd+3].[Gd+3].[Y+3]. The number of rotatable bonds is 0. The van der Waals surface area contributed by atoms with E-state index in [1.54, 1.807) is 0 Å². The molecule has 2 radical (unpaired) electrons. The summed E-state index contributed by atoms with van der Waals surface area (Å²) < 4.78 is 0. The van der Waals surface area contributed by atoms with E-state index in [4.69, 9.17) is 0 Å². The van der Waals surface area contributed by atoms with Crippen LogP contribution in [0.1, 0.15) is 0 Å². The van der Waals surface area contributed by atoms with Crippen molar-refractivity contribution in [2.24, 2.45) is 0 Å². The van der Waals surface area contributed by atoms with E-state index < -0.39 is 0 Å². The summed E-state index contributed by atoms with van der Waals surface area (Å²) in [5, 5.41) is 0. The van der Waals surface area contributed by atoms with Crippen LogP contribution in [-0.2, 0) is 32.7 Å². The molecule has 0 nitrogen and oxygen atoms in total. The summed E-state index contributed by atoms with van der Waals surface area (Å²) in [6.45, 7) is 0. The van der Waals surface area contributed by atoms with Crippen molar-refractivity contribution in [3.63, 3.8) is 0 Å². The minimum Gasteiger partial charge on any atom is -1.00 e. The van der Waals surface area contributed by atoms with Crippen molar-refractivity contribution in [2.45, 2.75) is 0 Å². The smallest absolute Gasteiger partial charge is 1.00 e. The molecule has 0 aliphatic rings. The summed E-state index contributed by atoms with van der Waals surface area (Å²) in [7, 11) is 0. The van der Waals surface area contributed by atoms with Gasteiger partial charge in [-0.25, -0.2) is 0 Å². The van der Waals surface area contributed by atoms with Crippen molar-refractivity contribution in [1.82, 2.24) is 0 Å². The van der Waals surface area contributed by atoms with Crippen molar-refractivity contribution < 1.29 is 224 Å². The van der Waals surface area contributed by atoms with Crippen LogP contribution in [0.4, 0.5) is 0 Å². The molecule has 0 atom stereocenters. The summed E-state index contributed by atoms with van der Waals surface area (Å²) >= 11 is 0. The molecule has 0 aromatic heterocycles. The van der Waals surface area contributed by atoms with Crippen LogP contribution in [0.3, 0.4) is 0 Å². The van der Waals surface area contributed by atoms with Gasteiger partial charge in [0.2, 0.25) is 0 Å². The number of hydrogen-bond acceptors (Lipinski definition) is 0. The monoisotopic (exact) mass is 719 g/mol. The molecule has 12 heavy (non-hydrogen) atoms. The van der Waals surface area contributed by atoms with Gasteiger partial charge in [-0.05, 0) is 0 Å². The molecular formula is Cl9Gd2Y. The first kappa shape index (κ1) is 137. The molecule has 0 spiro atoms. The van der Waals surface area contributed by atoms with Crippen LogP contribution >= 0.6 is 0 Å². The van der Waals surface area contributed by atoms with Crippen LogP contribution < -0.4 is 112 Å². The van der Waals surface area contributed by atoms with Gasteiger partial charge in [-0.3, -0.25) is 0 Å². The van der Waals surface area contributed by atoms with E-state index in [9.17, 15) is 0 Å². The Morgan fingerprint density at radius 3 is 0.250 bits per heavy atom. The van der Waals surface area contributed by atoms with E-state index >= 15 is 0 Å². The summed E-state index contributed by atoms with van der Waals surface area (Å²) in [4.78, 5) is 0. The van der Waals surface area contributed by atoms with E-state index in [0.717, 1.165) is 0 Å². The standard InChI is InChI=1S/9ClH.2Gd.Y/h9*1H;;;/q;;;;;;;;;3*+3/p-9. The summed E-state index contributed by atoms with van der Waals surface area (Å²) in [6.07, 6.45) is 0. The molecule has 0 aromatic carbocycles. The van der Waals surface area contributed by atoms with Gasteiger partial charge in [0.25, 0.3) is 0 Å². The van der Waals surface area contributed by atoms with Gasteiger partial charge in [0.05, 0.1) is 0 Å². The Bertz CT molecular complexity index is 12.5. The molecule has 0 heterocycles. The average Bonchev–Trinajstić information content (AvgIpc) is 0. The van der Waals surface area contributed by atoms with Crippen LogP contribution in [0.15, 0.2) is 0 Å². The fourth-order valence-corrected chi connectivity index (χ4v) is 0. The average molecular weight is 722 g/mol. The Morgan fingerprint density at radius 1 is 0.250 bits per heavy atom. The molecule has 0 fully saturated rings. The fraction of sp³-hybridized carbons (Fsp3) is 0. The molecule has 0 aromatic rings. The van der Waals surface area contributed by atoms with Gasteiger partial charge in [-0.15, -0.1) is 0 Å². The Kier molecular flexibility index (Phi) is 1310. The molecule has 0 saturated carbocycles. The van der Waals surface area contributed by atoms with Gasteiger partial charge in [0.1, 0.15) is 0 Å². The predicted molar refractivity (Wildman–Crippen MR) is 0 cm³/mol. The van der Waals surface area contributed by atoms with E-state index in [-0.39, 0.29) is 224 Å². The first-order valence-electron chi connectivity index (χ1n) is 0. The van der Waals surface area contributed by atoms with Crippen LogP contribution in [0.5, 0.6) is 0 Å². The van der Waals surface area contributed by atoms with Crippen molar-refractivity contribution in [3.8, 4) is 0 Å². The van der Waals surface area contributed by atoms with E-state index in [0.29, 0.717) is 0 Å².